The zero-order valence-electron chi connectivity index (χ0n) is 18.6. The van der Waals surface area contributed by atoms with Crippen LogP contribution in [-0.4, -0.2) is 62.6 Å². The highest BCUT2D eigenvalue weighted by atomic mass is 16.5. The number of β-amino-alcohol motifs (C(OH)–C–C–N with tert-alkyl or cyclic N) is 1. The molecule has 3 atom stereocenters. The highest BCUT2D eigenvalue weighted by molar-refractivity contribution is 5.90. The highest BCUT2D eigenvalue weighted by Gasteiger charge is 2.44. The smallest absolute Gasteiger partial charge is 0.248 e. The molecular weight excluding hydrogens is 412 g/mol. The van der Waals surface area contributed by atoms with Crippen molar-refractivity contribution >= 4 is 11.8 Å². The monoisotopic (exact) mass is 440 g/mol. The molecule has 1 aliphatic rings. The van der Waals surface area contributed by atoms with E-state index in [-0.39, 0.29) is 31.4 Å². The van der Waals surface area contributed by atoms with E-state index < -0.39 is 23.6 Å². The molecule has 10 heteroatoms. The average Bonchev–Trinajstić information content (AvgIpc) is 3.37. The van der Waals surface area contributed by atoms with Crippen LogP contribution in [0.1, 0.15) is 44.5 Å². The number of hydrogen-bond donors (Lipinski definition) is 2. The van der Waals surface area contributed by atoms with Gasteiger partial charge in [0.25, 0.3) is 0 Å². The summed E-state index contributed by atoms with van der Waals surface area (Å²) < 4.78 is 7.19. The van der Waals surface area contributed by atoms with E-state index in [0.717, 1.165) is 0 Å². The predicted octanol–water partition coefficient (Wildman–Crippen LogP) is 1.02. The molecule has 32 heavy (non-hydrogen) atoms. The van der Waals surface area contributed by atoms with E-state index in [1.165, 1.54) is 16.6 Å². The lowest BCUT2D eigenvalue weighted by Gasteiger charge is -2.34. The molecule has 1 aliphatic heterocycles. The number of ether oxygens (including phenoxy) is 1. The van der Waals surface area contributed by atoms with Crippen molar-refractivity contribution in [3.63, 3.8) is 0 Å². The van der Waals surface area contributed by atoms with Crippen molar-refractivity contribution in [3.8, 4) is 11.8 Å². The molecule has 3 rings (SSSR count). The summed E-state index contributed by atoms with van der Waals surface area (Å²) in [5.74, 6) is -0.0851. The van der Waals surface area contributed by atoms with E-state index in [4.69, 9.17) is 10.00 Å². The summed E-state index contributed by atoms with van der Waals surface area (Å²) in [6.45, 7) is 5.92. The van der Waals surface area contributed by atoms with Gasteiger partial charge in [0.1, 0.15) is 30.1 Å². The molecule has 0 saturated carbocycles. The Kier molecular flexibility index (Phi) is 6.79. The van der Waals surface area contributed by atoms with Crippen molar-refractivity contribution in [2.24, 2.45) is 5.41 Å². The van der Waals surface area contributed by atoms with Gasteiger partial charge in [0, 0.05) is 20.0 Å². The number of carbonyl (C=O) groups is 2. The zero-order valence-corrected chi connectivity index (χ0v) is 18.6. The number of hydrogen-bond acceptors (Lipinski definition) is 7. The Bertz CT molecular complexity index is 1020. The summed E-state index contributed by atoms with van der Waals surface area (Å²) in [5.41, 5.74) is 0.465. The Balaban J connectivity index is 1.80. The fourth-order valence-corrected chi connectivity index (χ4v) is 3.83. The largest absolute Gasteiger partial charge is 0.487 e. The maximum atomic E-state index is 13.5. The minimum absolute atomic E-state index is 0.0867. The van der Waals surface area contributed by atoms with Crippen molar-refractivity contribution in [1.29, 1.82) is 5.26 Å². The number of nitrogens with zero attached hydrogens (tertiary/aromatic N) is 5. The van der Waals surface area contributed by atoms with Gasteiger partial charge in [-0.25, -0.2) is 4.68 Å². The molecule has 2 amide bonds. The number of nitriles is 1. The minimum Gasteiger partial charge on any atom is -0.487 e. The zero-order chi connectivity index (χ0) is 23.5. The minimum atomic E-state index is -0.759. The third-order valence-electron chi connectivity index (χ3n) is 5.34. The first-order chi connectivity index (χ1) is 15.1. The number of benzene rings is 1. The fourth-order valence-electron chi connectivity index (χ4n) is 3.83. The molecule has 1 saturated heterocycles. The van der Waals surface area contributed by atoms with Gasteiger partial charge in [0.15, 0.2) is 0 Å². The number of carbonyl (C=O) groups excluding carboxylic acids is 2. The third kappa shape index (κ3) is 5.06. The molecule has 0 aliphatic carbocycles. The second kappa shape index (κ2) is 9.36. The Labute approximate surface area is 186 Å². The molecule has 2 heterocycles. The lowest BCUT2D eigenvalue weighted by atomic mass is 9.85. The van der Waals surface area contributed by atoms with Crippen LogP contribution in [0.25, 0.3) is 0 Å². The summed E-state index contributed by atoms with van der Waals surface area (Å²) in [6, 6.07) is 7.38. The summed E-state index contributed by atoms with van der Waals surface area (Å²) in [5, 5.41) is 29.9. The lowest BCUT2D eigenvalue weighted by Crippen LogP contribution is -2.49. The third-order valence-corrected chi connectivity index (χ3v) is 5.34. The van der Waals surface area contributed by atoms with Gasteiger partial charge in [-0.1, -0.05) is 32.1 Å². The lowest BCUT2D eigenvalue weighted by molar-refractivity contribution is -0.144. The number of aliphatic hydroxyl groups is 1. The number of rotatable bonds is 6. The molecule has 0 bridgehead atoms. The SMILES string of the molecule is CNC(=O)[C@@H]1C[C@@H](O)CN1C(=O)[C@@H](n1cc(COc2cccc(C#N)c2)nn1)C(C)(C)C. The Morgan fingerprint density at radius 2 is 2.16 bits per heavy atom. The van der Waals surface area contributed by atoms with E-state index >= 15 is 0 Å². The van der Waals surface area contributed by atoms with Crippen molar-refractivity contribution < 1.29 is 19.4 Å². The van der Waals surface area contributed by atoms with Crippen LogP contribution in [0.2, 0.25) is 0 Å². The van der Waals surface area contributed by atoms with Crippen molar-refractivity contribution in [2.45, 2.75) is 52.0 Å². The first-order valence-electron chi connectivity index (χ1n) is 10.4. The van der Waals surface area contributed by atoms with Crippen molar-refractivity contribution in [2.75, 3.05) is 13.6 Å². The Hall–Kier alpha value is -3.45. The number of amides is 2. The number of likely N-dealkylation sites (tertiary alicyclic amines) is 1. The number of nitrogens with one attached hydrogen (secondary N) is 1. The van der Waals surface area contributed by atoms with Crippen LogP contribution in [0.4, 0.5) is 0 Å². The second-order valence-electron chi connectivity index (χ2n) is 8.90. The van der Waals surface area contributed by atoms with E-state index in [0.29, 0.717) is 17.0 Å². The van der Waals surface area contributed by atoms with Gasteiger partial charge >= 0.3 is 0 Å². The molecule has 1 aromatic heterocycles. The Morgan fingerprint density at radius 1 is 1.41 bits per heavy atom. The van der Waals surface area contributed by atoms with Crippen LogP contribution >= 0.6 is 0 Å². The van der Waals surface area contributed by atoms with E-state index in [1.54, 1.807) is 30.5 Å². The number of aliphatic hydroxyl groups excluding tert-OH is 1. The van der Waals surface area contributed by atoms with Crippen LogP contribution in [0.5, 0.6) is 5.75 Å². The second-order valence-corrected chi connectivity index (χ2v) is 8.90. The van der Waals surface area contributed by atoms with Gasteiger partial charge in [0.05, 0.1) is 23.9 Å². The van der Waals surface area contributed by atoms with Crippen LogP contribution in [0, 0.1) is 16.7 Å². The van der Waals surface area contributed by atoms with Crippen LogP contribution in [0.15, 0.2) is 30.5 Å². The van der Waals surface area contributed by atoms with Crippen LogP contribution < -0.4 is 10.1 Å². The predicted molar refractivity (Wildman–Crippen MR) is 114 cm³/mol. The standard InChI is InChI=1S/C22H28N6O4/c1-22(2,3)19(21(31)27-12-16(29)9-18(27)20(30)24-4)28-11-15(25-26-28)13-32-17-7-5-6-14(8-17)10-23/h5-8,11,16,18-19,29H,9,12-13H2,1-4H3,(H,24,30)/t16-,18+,19-/m1/s1. The summed E-state index contributed by atoms with van der Waals surface area (Å²) in [6.07, 6.45) is 1.08. The molecule has 0 radical (unpaired) electrons. The number of likely N-dealkylation sites (N-methyl/N-ethyl adjacent to an activating group) is 1. The summed E-state index contributed by atoms with van der Waals surface area (Å²) in [7, 11) is 1.51. The molecule has 0 unspecified atom stereocenters. The van der Waals surface area contributed by atoms with Gasteiger partial charge in [-0.2, -0.15) is 5.26 Å². The maximum Gasteiger partial charge on any atom is 0.248 e. The first-order valence-corrected chi connectivity index (χ1v) is 10.4. The molecule has 170 valence electrons. The average molecular weight is 441 g/mol. The molecule has 2 N–H and O–H groups in total. The van der Waals surface area contributed by atoms with Gasteiger partial charge in [0.2, 0.25) is 11.8 Å². The van der Waals surface area contributed by atoms with Crippen LogP contribution in [0.3, 0.4) is 0 Å². The van der Waals surface area contributed by atoms with Crippen molar-refractivity contribution in [1.82, 2.24) is 25.2 Å². The molecule has 1 fully saturated rings. The molecule has 1 aromatic carbocycles. The summed E-state index contributed by atoms with van der Waals surface area (Å²) in [4.78, 5) is 27.2. The highest BCUT2D eigenvalue weighted by Crippen LogP contribution is 2.34. The normalized spacial score (nSPS) is 19.3. The van der Waals surface area contributed by atoms with E-state index in [1.807, 2.05) is 20.8 Å². The van der Waals surface area contributed by atoms with Crippen molar-refractivity contribution in [3.05, 3.63) is 41.7 Å². The number of aromatic nitrogens is 3. The maximum absolute atomic E-state index is 13.5. The first kappa shape index (κ1) is 23.2. The Morgan fingerprint density at radius 3 is 2.81 bits per heavy atom. The van der Waals surface area contributed by atoms with Gasteiger partial charge in [-0.05, 0) is 23.6 Å². The molecule has 0 spiro atoms. The van der Waals surface area contributed by atoms with E-state index in [2.05, 4.69) is 21.7 Å². The quantitative estimate of drug-likeness (QED) is 0.685. The van der Waals surface area contributed by atoms with E-state index in [9.17, 15) is 14.7 Å². The molecule has 10 nitrogen and oxygen atoms in total. The van der Waals surface area contributed by atoms with Crippen LogP contribution in [-0.2, 0) is 16.2 Å². The topological polar surface area (TPSA) is 133 Å². The van der Waals surface area contributed by atoms with Gasteiger partial charge in [-0.15, -0.1) is 5.10 Å². The molecule has 2 aromatic rings. The van der Waals surface area contributed by atoms with Gasteiger partial charge < -0.3 is 20.1 Å². The summed E-state index contributed by atoms with van der Waals surface area (Å²) >= 11 is 0. The van der Waals surface area contributed by atoms with Gasteiger partial charge in [-0.3, -0.25) is 9.59 Å². The fraction of sp³-hybridized carbons (Fsp3) is 0.500. The molecular formula is C22H28N6O4.